The fourth-order valence-corrected chi connectivity index (χ4v) is 1.63. The summed E-state index contributed by atoms with van der Waals surface area (Å²) in [7, 11) is 1.60. The lowest BCUT2D eigenvalue weighted by Crippen LogP contribution is -2.33. The highest BCUT2D eigenvalue weighted by Crippen LogP contribution is 2.12. The van der Waals surface area contributed by atoms with Crippen LogP contribution in [-0.2, 0) is 16.1 Å². The Balaban J connectivity index is 2.55. The van der Waals surface area contributed by atoms with E-state index < -0.39 is 5.60 Å². The van der Waals surface area contributed by atoms with Crippen molar-refractivity contribution < 1.29 is 9.53 Å². The standard InChI is InChI=1S/C16H22N2O2/c1-16(2,20-3)11-15(19)18-12-14-7-4-6-13(10-14)8-5-9-17/h4,6-7,10H,9,11-12,17H2,1-3H3,(H,18,19). The minimum absolute atomic E-state index is 0.0321. The quantitative estimate of drug-likeness (QED) is 0.798. The van der Waals surface area contributed by atoms with E-state index in [1.807, 2.05) is 38.1 Å². The van der Waals surface area contributed by atoms with Gasteiger partial charge in [-0.3, -0.25) is 4.79 Å². The molecule has 108 valence electrons. The van der Waals surface area contributed by atoms with Crippen LogP contribution >= 0.6 is 0 Å². The molecule has 0 radical (unpaired) electrons. The van der Waals surface area contributed by atoms with Gasteiger partial charge in [0.1, 0.15) is 0 Å². The minimum Gasteiger partial charge on any atom is -0.378 e. The van der Waals surface area contributed by atoms with Crippen molar-refractivity contribution in [1.29, 1.82) is 0 Å². The normalized spacial score (nSPS) is 10.6. The van der Waals surface area contributed by atoms with Gasteiger partial charge in [0.05, 0.1) is 18.6 Å². The molecule has 0 saturated heterocycles. The number of benzene rings is 1. The van der Waals surface area contributed by atoms with E-state index in [0.29, 0.717) is 19.5 Å². The number of hydrogen-bond donors (Lipinski definition) is 2. The second-order valence-corrected chi connectivity index (χ2v) is 5.12. The maximum Gasteiger partial charge on any atom is 0.223 e. The molecule has 1 amide bonds. The molecule has 0 spiro atoms. The van der Waals surface area contributed by atoms with E-state index in [2.05, 4.69) is 17.2 Å². The molecular formula is C16H22N2O2. The van der Waals surface area contributed by atoms with Crippen molar-refractivity contribution in [3.63, 3.8) is 0 Å². The van der Waals surface area contributed by atoms with Crippen LogP contribution < -0.4 is 11.1 Å². The Hall–Kier alpha value is -1.83. The molecule has 0 aromatic heterocycles. The SMILES string of the molecule is COC(C)(C)CC(=O)NCc1cccc(C#CCN)c1. The first-order valence-corrected chi connectivity index (χ1v) is 6.56. The van der Waals surface area contributed by atoms with Crippen molar-refractivity contribution in [2.45, 2.75) is 32.4 Å². The number of carbonyl (C=O) groups is 1. The van der Waals surface area contributed by atoms with E-state index in [-0.39, 0.29) is 5.91 Å². The average molecular weight is 274 g/mol. The highest BCUT2D eigenvalue weighted by Gasteiger charge is 2.20. The summed E-state index contributed by atoms with van der Waals surface area (Å²) in [6.45, 7) is 4.59. The number of ether oxygens (including phenoxy) is 1. The zero-order valence-electron chi connectivity index (χ0n) is 12.3. The third kappa shape index (κ3) is 5.87. The monoisotopic (exact) mass is 274 g/mol. The molecule has 20 heavy (non-hydrogen) atoms. The highest BCUT2D eigenvalue weighted by molar-refractivity contribution is 5.76. The Morgan fingerprint density at radius 2 is 2.20 bits per heavy atom. The van der Waals surface area contributed by atoms with Gasteiger partial charge in [-0.05, 0) is 31.5 Å². The van der Waals surface area contributed by atoms with Crippen molar-refractivity contribution in [2.75, 3.05) is 13.7 Å². The smallest absolute Gasteiger partial charge is 0.223 e. The van der Waals surface area contributed by atoms with Crippen LogP contribution in [0.25, 0.3) is 0 Å². The Kier molecular flexibility index (Phi) is 6.23. The third-order valence-corrected chi connectivity index (χ3v) is 2.89. The fraction of sp³-hybridized carbons (Fsp3) is 0.438. The molecule has 4 heteroatoms. The van der Waals surface area contributed by atoms with Crippen LogP contribution in [0.1, 0.15) is 31.4 Å². The van der Waals surface area contributed by atoms with Gasteiger partial charge in [-0.1, -0.05) is 24.0 Å². The predicted molar refractivity (Wildman–Crippen MR) is 79.9 cm³/mol. The number of methoxy groups -OCH3 is 1. The number of rotatable bonds is 5. The molecule has 0 unspecified atom stereocenters. The van der Waals surface area contributed by atoms with Crippen molar-refractivity contribution in [3.8, 4) is 11.8 Å². The molecular weight excluding hydrogens is 252 g/mol. The van der Waals surface area contributed by atoms with Gasteiger partial charge in [-0.25, -0.2) is 0 Å². The summed E-state index contributed by atoms with van der Waals surface area (Å²) in [5.74, 6) is 5.75. The second-order valence-electron chi connectivity index (χ2n) is 5.12. The highest BCUT2D eigenvalue weighted by atomic mass is 16.5. The molecule has 1 aromatic rings. The van der Waals surface area contributed by atoms with Crippen molar-refractivity contribution >= 4 is 5.91 Å². The number of hydrogen-bond acceptors (Lipinski definition) is 3. The Labute approximate surface area is 120 Å². The van der Waals surface area contributed by atoms with Gasteiger partial charge in [-0.15, -0.1) is 0 Å². The molecule has 0 bridgehead atoms. The number of carbonyl (C=O) groups excluding carboxylic acids is 1. The zero-order valence-corrected chi connectivity index (χ0v) is 12.3. The lowest BCUT2D eigenvalue weighted by atomic mass is 10.0. The van der Waals surface area contributed by atoms with Crippen LogP contribution in [0.5, 0.6) is 0 Å². The summed E-state index contributed by atoms with van der Waals surface area (Å²) in [6.07, 6.45) is 0.330. The van der Waals surface area contributed by atoms with Gasteiger partial charge in [-0.2, -0.15) is 0 Å². The molecule has 1 aromatic carbocycles. The molecule has 0 fully saturated rings. The van der Waals surface area contributed by atoms with Crippen molar-refractivity contribution in [1.82, 2.24) is 5.32 Å². The molecule has 0 heterocycles. The summed E-state index contributed by atoms with van der Waals surface area (Å²) in [4.78, 5) is 11.8. The molecule has 0 aliphatic rings. The first kappa shape index (κ1) is 16.2. The maximum atomic E-state index is 11.8. The Morgan fingerprint density at radius 1 is 1.45 bits per heavy atom. The van der Waals surface area contributed by atoms with E-state index in [0.717, 1.165) is 11.1 Å². The van der Waals surface area contributed by atoms with Gasteiger partial charge >= 0.3 is 0 Å². The zero-order chi connectivity index (χ0) is 15.0. The van der Waals surface area contributed by atoms with E-state index in [9.17, 15) is 4.79 Å². The molecule has 0 aliphatic carbocycles. The van der Waals surface area contributed by atoms with Gasteiger partial charge in [0.15, 0.2) is 0 Å². The largest absolute Gasteiger partial charge is 0.378 e. The predicted octanol–water partition coefficient (Wildman–Crippen LogP) is 1.43. The van der Waals surface area contributed by atoms with Gasteiger partial charge in [0.25, 0.3) is 0 Å². The molecule has 0 aliphatic heterocycles. The number of nitrogens with two attached hydrogens (primary N) is 1. The summed E-state index contributed by atoms with van der Waals surface area (Å²) in [5.41, 5.74) is 6.81. The van der Waals surface area contributed by atoms with Gasteiger partial charge in [0, 0.05) is 19.2 Å². The van der Waals surface area contributed by atoms with Gasteiger partial charge in [0.2, 0.25) is 5.91 Å². The third-order valence-electron chi connectivity index (χ3n) is 2.89. The molecule has 4 nitrogen and oxygen atoms in total. The number of nitrogens with one attached hydrogen (secondary N) is 1. The summed E-state index contributed by atoms with van der Waals surface area (Å²) >= 11 is 0. The summed E-state index contributed by atoms with van der Waals surface area (Å²) in [5, 5.41) is 2.88. The van der Waals surface area contributed by atoms with Crippen LogP contribution in [-0.4, -0.2) is 25.2 Å². The average Bonchev–Trinajstić information content (AvgIpc) is 2.43. The van der Waals surface area contributed by atoms with E-state index >= 15 is 0 Å². The van der Waals surface area contributed by atoms with Crippen LogP contribution in [0, 0.1) is 11.8 Å². The first-order chi connectivity index (χ1) is 9.46. The minimum atomic E-state index is -0.446. The molecule has 1 rings (SSSR count). The molecule has 0 saturated carbocycles. The van der Waals surface area contributed by atoms with Gasteiger partial charge < -0.3 is 15.8 Å². The molecule has 3 N–H and O–H groups in total. The summed E-state index contributed by atoms with van der Waals surface area (Å²) in [6, 6.07) is 7.74. The van der Waals surface area contributed by atoms with E-state index in [4.69, 9.17) is 10.5 Å². The fourth-order valence-electron chi connectivity index (χ4n) is 1.63. The lowest BCUT2D eigenvalue weighted by Gasteiger charge is -2.21. The van der Waals surface area contributed by atoms with Crippen molar-refractivity contribution in [3.05, 3.63) is 35.4 Å². The Morgan fingerprint density at radius 3 is 2.85 bits per heavy atom. The van der Waals surface area contributed by atoms with E-state index in [1.54, 1.807) is 7.11 Å². The van der Waals surface area contributed by atoms with Crippen LogP contribution in [0.4, 0.5) is 0 Å². The van der Waals surface area contributed by atoms with Crippen LogP contribution in [0.15, 0.2) is 24.3 Å². The van der Waals surface area contributed by atoms with Crippen molar-refractivity contribution in [2.24, 2.45) is 5.73 Å². The Bertz CT molecular complexity index is 513. The van der Waals surface area contributed by atoms with E-state index in [1.165, 1.54) is 0 Å². The lowest BCUT2D eigenvalue weighted by molar-refractivity contribution is -0.126. The second kappa shape index (κ2) is 7.68. The maximum absolute atomic E-state index is 11.8. The molecule has 0 atom stereocenters. The van der Waals surface area contributed by atoms with Crippen LogP contribution in [0.2, 0.25) is 0 Å². The summed E-state index contributed by atoms with van der Waals surface area (Å²) < 4.78 is 5.23. The van der Waals surface area contributed by atoms with Crippen LogP contribution in [0.3, 0.4) is 0 Å². The number of amides is 1. The first-order valence-electron chi connectivity index (χ1n) is 6.56. The topological polar surface area (TPSA) is 64.3 Å².